The van der Waals surface area contributed by atoms with E-state index in [0.29, 0.717) is 29.5 Å². The first-order valence-electron chi connectivity index (χ1n) is 6.21. The van der Waals surface area contributed by atoms with Gasteiger partial charge >= 0.3 is 12.0 Å². The molecule has 1 atom stereocenters. The number of likely N-dealkylation sites (tertiary alicyclic amines) is 1. The van der Waals surface area contributed by atoms with Gasteiger partial charge < -0.3 is 15.3 Å². The summed E-state index contributed by atoms with van der Waals surface area (Å²) < 4.78 is 13.7. The Labute approximate surface area is 123 Å². The molecule has 0 saturated carbocycles. The van der Waals surface area contributed by atoms with Crippen LogP contribution < -0.4 is 5.32 Å². The summed E-state index contributed by atoms with van der Waals surface area (Å²) in [5.41, 5.74) is 0.326. The molecule has 20 heavy (non-hydrogen) atoms. The lowest BCUT2D eigenvalue weighted by Gasteiger charge is -2.30. The van der Waals surface area contributed by atoms with E-state index >= 15 is 0 Å². The van der Waals surface area contributed by atoms with Gasteiger partial charge in [0.15, 0.2) is 0 Å². The second-order valence-electron chi connectivity index (χ2n) is 4.68. The molecule has 0 unspecified atom stereocenters. The lowest BCUT2D eigenvalue weighted by Crippen LogP contribution is -2.44. The minimum Gasteiger partial charge on any atom is -0.481 e. The Morgan fingerprint density at radius 3 is 2.90 bits per heavy atom. The van der Waals surface area contributed by atoms with Gasteiger partial charge in [-0.25, -0.2) is 9.18 Å². The lowest BCUT2D eigenvalue weighted by molar-refractivity contribution is -0.143. The van der Waals surface area contributed by atoms with E-state index in [4.69, 9.17) is 5.11 Å². The molecule has 2 rings (SSSR count). The third-order valence-electron chi connectivity index (χ3n) is 3.23. The van der Waals surface area contributed by atoms with Gasteiger partial charge in [-0.05, 0) is 47.0 Å². The largest absolute Gasteiger partial charge is 0.481 e. The highest BCUT2D eigenvalue weighted by atomic mass is 79.9. The fourth-order valence-electron chi connectivity index (χ4n) is 2.15. The van der Waals surface area contributed by atoms with Crippen LogP contribution in [-0.4, -0.2) is 35.1 Å². The van der Waals surface area contributed by atoms with Gasteiger partial charge in [-0.15, -0.1) is 0 Å². The van der Waals surface area contributed by atoms with Gasteiger partial charge in [0.1, 0.15) is 5.82 Å². The number of carbonyl (C=O) groups is 2. The number of hydrogen-bond acceptors (Lipinski definition) is 2. The molecule has 0 aromatic heterocycles. The van der Waals surface area contributed by atoms with E-state index in [1.165, 1.54) is 23.1 Å². The average molecular weight is 345 g/mol. The van der Waals surface area contributed by atoms with Crippen LogP contribution in [0.25, 0.3) is 0 Å². The number of carboxylic acids is 1. The second-order valence-corrected chi connectivity index (χ2v) is 5.53. The summed E-state index contributed by atoms with van der Waals surface area (Å²) in [7, 11) is 0. The number of nitrogens with one attached hydrogen (secondary N) is 1. The number of rotatable bonds is 2. The number of aliphatic carboxylic acids is 1. The standard InChI is InChI=1S/C13H14BrFN2O3/c14-10-4-3-9(15)6-11(10)16-13(20)17-5-1-2-8(7-17)12(18)19/h3-4,6,8H,1-2,5,7H2,(H,16,20)(H,18,19)/t8-/m1/s1. The summed E-state index contributed by atoms with van der Waals surface area (Å²) in [4.78, 5) is 24.5. The number of halogens is 2. The van der Waals surface area contributed by atoms with Gasteiger partial charge in [-0.3, -0.25) is 4.79 Å². The Hall–Kier alpha value is -1.63. The molecular weight excluding hydrogens is 331 g/mol. The Morgan fingerprint density at radius 1 is 1.45 bits per heavy atom. The van der Waals surface area contributed by atoms with Gasteiger partial charge in [0.05, 0.1) is 11.6 Å². The monoisotopic (exact) mass is 344 g/mol. The zero-order chi connectivity index (χ0) is 14.7. The van der Waals surface area contributed by atoms with Crippen molar-refractivity contribution in [1.82, 2.24) is 4.90 Å². The molecule has 0 bridgehead atoms. The zero-order valence-corrected chi connectivity index (χ0v) is 12.2. The Morgan fingerprint density at radius 2 is 2.20 bits per heavy atom. The van der Waals surface area contributed by atoms with Crippen LogP contribution in [-0.2, 0) is 4.79 Å². The van der Waals surface area contributed by atoms with E-state index < -0.39 is 23.7 Å². The van der Waals surface area contributed by atoms with Crippen molar-refractivity contribution in [3.05, 3.63) is 28.5 Å². The Balaban J connectivity index is 2.04. The van der Waals surface area contributed by atoms with Crippen molar-refractivity contribution in [1.29, 1.82) is 0 Å². The lowest BCUT2D eigenvalue weighted by atomic mass is 9.99. The van der Waals surface area contributed by atoms with Crippen LogP contribution in [0, 0.1) is 11.7 Å². The van der Waals surface area contributed by atoms with E-state index in [1.54, 1.807) is 0 Å². The van der Waals surface area contributed by atoms with Gasteiger partial charge in [0, 0.05) is 17.6 Å². The first kappa shape index (κ1) is 14.8. The number of carboxylic acid groups (broad SMARTS) is 1. The van der Waals surface area contributed by atoms with Crippen molar-refractivity contribution >= 4 is 33.6 Å². The molecule has 1 aromatic carbocycles. The topological polar surface area (TPSA) is 69.6 Å². The number of amides is 2. The van der Waals surface area contributed by atoms with Gasteiger partial charge in [-0.1, -0.05) is 0 Å². The third-order valence-corrected chi connectivity index (χ3v) is 3.92. The molecule has 0 spiro atoms. The van der Waals surface area contributed by atoms with Crippen LogP contribution in [0.2, 0.25) is 0 Å². The van der Waals surface area contributed by atoms with Crippen molar-refractivity contribution in [2.24, 2.45) is 5.92 Å². The third kappa shape index (κ3) is 3.47. The number of anilines is 1. The van der Waals surface area contributed by atoms with E-state index in [-0.39, 0.29) is 6.54 Å². The van der Waals surface area contributed by atoms with Crippen LogP contribution in [0.5, 0.6) is 0 Å². The molecular formula is C13H14BrFN2O3. The van der Waals surface area contributed by atoms with E-state index in [2.05, 4.69) is 21.2 Å². The Kier molecular flexibility index (Phi) is 4.59. The molecule has 1 fully saturated rings. The first-order chi connectivity index (χ1) is 9.47. The van der Waals surface area contributed by atoms with Crippen molar-refractivity contribution in [2.75, 3.05) is 18.4 Å². The number of benzene rings is 1. The summed E-state index contributed by atoms with van der Waals surface area (Å²) in [5.74, 6) is -1.88. The minimum atomic E-state index is -0.894. The van der Waals surface area contributed by atoms with E-state index in [1.807, 2.05) is 0 Å². The summed E-state index contributed by atoms with van der Waals surface area (Å²) in [6, 6.07) is 3.57. The highest BCUT2D eigenvalue weighted by Gasteiger charge is 2.28. The molecule has 7 heteroatoms. The molecule has 2 N–H and O–H groups in total. The molecule has 1 heterocycles. The normalized spacial score (nSPS) is 18.7. The first-order valence-corrected chi connectivity index (χ1v) is 7.00. The van der Waals surface area contributed by atoms with Crippen molar-refractivity contribution in [3.63, 3.8) is 0 Å². The van der Waals surface area contributed by atoms with Crippen LogP contribution in [0.4, 0.5) is 14.9 Å². The predicted molar refractivity (Wildman–Crippen MR) is 75.1 cm³/mol. The molecule has 1 aromatic rings. The van der Waals surface area contributed by atoms with Gasteiger partial charge in [0.2, 0.25) is 0 Å². The molecule has 1 aliphatic heterocycles. The summed E-state index contributed by atoms with van der Waals surface area (Å²) in [5, 5.41) is 11.6. The molecule has 0 radical (unpaired) electrons. The number of hydrogen-bond donors (Lipinski definition) is 2. The summed E-state index contributed by atoms with van der Waals surface area (Å²) >= 11 is 3.22. The minimum absolute atomic E-state index is 0.175. The molecule has 1 saturated heterocycles. The van der Waals surface area contributed by atoms with Crippen LogP contribution in [0.3, 0.4) is 0 Å². The fraction of sp³-hybridized carbons (Fsp3) is 0.385. The van der Waals surface area contributed by atoms with Crippen LogP contribution in [0.1, 0.15) is 12.8 Å². The molecule has 1 aliphatic rings. The maximum atomic E-state index is 13.1. The summed E-state index contributed by atoms with van der Waals surface area (Å²) in [6.45, 7) is 0.677. The number of urea groups is 1. The molecule has 108 valence electrons. The SMILES string of the molecule is O=C(O)[C@@H]1CCCN(C(=O)Nc2cc(F)ccc2Br)C1. The fourth-order valence-corrected chi connectivity index (χ4v) is 2.50. The highest BCUT2D eigenvalue weighted by molar-refractivity contribution is 9.10. The molecule has 2 amide bonds. The maximum Gasteiger partial charge on any atom is 0.321 e. The number of piperidine rings is 1. The zero-order valence-electron chi connectivity index (χ0n) is 10.6. The summed E-state index contributed by atoms with van der Waals surface area (Å²) in [6.07, 6.45) is 1.22. The van der Waals surface area contributed by atoms with Gasteiger partial charge in [-0.2, -0.15) is 0 Å². The molecule has 0 aliphatic carbocycles. The quantitative estimate of drug-likeness (QED) is 0.866. The predicted octanol–water partition coefficient (Wildman–Crippen LogP) is 2.92. The highest BCUT2D eigenvalue weighted by Crippen LogP contribution is 2.24. The number of nitrogens with zero attached hydrogens (tertiary/aromatic N) is 1. The van der Waals surface area contributed by atoms with Crippen molar-refractivity contribution < 1.29 is 19.1 Å². The van der Waals surface area contributed by atoms with E-state index in [9.17, 15) is 14.0 Å². The van der Waals surface area contributed by atoms with Crippen molar-refractivity contribution in [3.8, 4) is 0 Å². The van der Waals surface area contributed by atoms with Crippen LogP contribution >= 0.6 is 15.9 Å². The maximum absolute atomic E-state index is 13.1. The molecule has 5 nitrogen and oxygen atoms in total. The Bertz CT molecular complexity index is 538. The van der Waals surface area contributed by atoms with Crippen molar-refractivity contribution in [2.45, 2.75) is 12.8 Å². The second kappa shape index (κ2) is 6.21. The van der Waals surface area contributed by atoms with Gasteiger partial charge in [0.25, 0.3) is 0 Å². The van der Waals surface area contributed by atoms with E-state index in [0.717, 1.165) is 0 Å². The number of carbonyl (C=O) groups excluding carboxylic acids is 1. The van der Waals surface area contributed by atoms with Crippen LogP contribution in [0.15, 0.2) is 22.7 Å². The average Bonchev–Trinajstić information content (AvgIpc) is 2.43. The smallest absolute Gasteiger partial charge is 0.321 e.